The number of hydrogen-bond acceptors (Lipinski definition) is 4. The van der Waals surface area contributed by atoms with E-state index in [9.17, 15) is 4.79 Å². The Labute approximate surface area is 213 Å². The topological polar surface area (TPSA) is 75.0 Å². The van der Waals surface area contributed by atoms with Crippen LogP contribution in [0.3, 0.4) is 0 Å². The first-order valence-electron chi connectivity index (χ1n) is 11.5. The number of nitrogens with one attached hydrogen (secondary N) is 1. The van der Waals surface area contributed by atoms with Gasteiger partial charge in [-0.15, -0.1) is 24.0 Å². The number of aromatic nitrogens is 2. The number of carbonyl (C=O) groups excluding carboxylic acids is 1. The van der Waals surface area contributed by atoms with E-state index in [0.29, 0.717) is 19.1 Å². The summed E-state index contributed by atoms with van der Waals surface area (Å²) in [4.78, 5) is 21.4. The minimum absolute atomic E-state index is 0. The first-order chi connectivity index (χ1) is 15.6. The second-order valence-corrected chi connectivity index (χ2v) is 8.67. The standard InChI is InChI=1S/C24H34N6O2.HI/c1-25-24(30-12-13-32-22(18-30)21-15-27-28(2)17-21)26-16-23(31)29-10-8-20(9-11-29)14-19-6-4-3-5-7-19;/h3-7,15,17,20,22H,8-14,16,18H2,1-2H3,(H,25,26);1H. The van der Waals surface area contributed by atoms with Gasteiger partial charge in [0.25, 0.3) is 0 Å². The SMILES string of the molecule is CN=C(NCC(=O)N1CCC(Cc2ccccc2)CC1)N1CCOC(c2cnn(C)c2)C1.I. The van der Waals surface area contributed by atoms with Gasteiger partial charge < -0.3 is 19.9 Å². The minimum Gasteiger partial charge on any atom is -0.370 e. The molecule has 4 rings (SSSR count). The molecule has 0 bridgehead atoms. The van der Waals surface area contributed by atoms with E-state index in [2.05, 4.69) is 50.6 Å². The summed E-state index contributed by atoms with van der Waals surface area (Å²) in [5, 5.41) is 7.52. The lowest BCUT2D eigenvalue weighted by Crippen LogP contribution is -2.51. The van der Waals surface area contributed by atoms with Crippen LogP contribution in [0.15, 0.2) is 47.7 Å². The zero-order valence-electron chi connectivity index (χ0n) is 19.5. The molecule has 1 unspecified atom stereocenters. The number of aryl methyl sites for hydroxylation is 1. The number of piperidine rings is 1. The third-order valence-electron chi connectivity index (χ3n) is 6.41. The number of rotatable bonds is 5. The quantitative estimate of drug-likeness (QED) is 0.342. The van der Waals surface area contributed by atoms with Crippen LogP contribution in [0.25, 0.3) is 0 Å². The minimum atomic E-state index is -0.0460. The van der Waals surface area contributed by atoms with Crippen molar-refractivity contribution >= 4 is 35.8 Å². The molecule has 0 spiro atoms. The monoisotopic (exact) mass is 566 g/mol. The predicted octanol–water partition coefficient (Wildman–Crippen LogP) is 2.47. The van der Waals surface area contributed by atoms with Crippen LogP contribution in [0, 0.1) is 5.92 Å². The Kier molecular flexibility index (Phi) is 9.54. The first kappa shape index (κ1) is 25.5. The molecule has 2 aliphatic heterocycles. The Bertz CT molecular complexity index is 911. The molecular weight excluding hydrogens is 531 g/mol. The van der Waals surface area contributed by atoms with E-state index in [1.165, 1.54) is 5.56 Å². The normalized spacial score (nSPS) is 19.8. The molecule has 1 aromatic carbocycles. The smallest absolute Gasteiger partial charge is 0.241 e. The lowest BCUT2D eigenvalue weighted by atomic mass is 9.90. The molecule has 0 aliphatic carbocycles. The van der Waals surface area contributed by atoms with Crippen molar-refractivity contribution in [3.05, 3.63) is 53.9 Å². The van der Waals surface area contributed by atoms with E-state index in [0.717, 1.165) is 50.4 Å². The number of benzene rings is 1. The van der Waals surface area contributed by atoms with Gasteiger partial charge in [0.1, 0.15) is 6.10 Å². The number of amides is 1. The molecule has 2 aromatic rings. The fraction of sp³-hybridized carbons (Fsp3) is 0.542. The number of aliphatic imine (C=N–C) groups is 1. The Morgan fingerprint density at radius 2 is 1.94 bits per heavy atom. The van der Waals surface area contributed by atoms with Gasteiger partial charge in [0.2, 0.25) is 5.91 Å². The predicted molar refractivity (Wildman–Crippen MR) is 140 cm³/mol. The number of guanidine groups is 1. The highest BCUT2D eigenvalue weighted by Gasteiger charge is 2.27. The molecule has 0 saturated carbocycles. The van der Waals surface area contributed by atoms with Gasteiger partial charge in [0.15, 0.2) is 5.96 Å². The zero-order chi connectivity index (χ0) is 22.3. The van der Waals surface area contributed by atoms with Gasteiger partial charge in [-0.2, -0.15) is 5.10 Å². The highest BCUT2D eigenvalue weighted by Crippen LogP contribution is 2.23. The number of likely N-dealkylation sites (tertiary alicyclic amines) is 1. The molecule has 2 fully saturated rings. The van der Waals surface area contributed by atoms with Gasteiger partial charge in [-0.1, -0.05) is 30.3 Å². The molecule has 1 N–H and O–H groups in total. The van der Waals surface area contributed by atoms with Gasteiger partial charge in [0.05, 0.1) is 25.9 Å². The highest BCUT2D eigenvalue weighted by atomic mass is 127. The van der Waals surface area contributed by atoms with E-state index in [1.807, 2.05) is 24.3 Å². The average molecular weight is 566 g/mol. The first-order valence-corrected chi connectivity index (χ1v) is 11.5. The van der Waals surface area contributed by atoms with Gasteiger partial charge in [0, 0.05) is 45.5 Å². The van der Waals surface area contributed by atoms with Crippen LogP contribution in [-0.2, 0) is 23.0 Å². The number of carbonyl (C=O) groups is 1. The molecule has 0 radical (unpaired) electrons. The summed E-state index contributed by atoms with van der Waals surface area (Å²) in [5.74, 6) is 1.54. The van der Waals surface area contributed by atoms with Crippen LogP contribution < -0.4 is 5.32 Å². The van der Waals surface area contributed by atoms with Crippen LogP contribution in [-0.4, -0.2) is 77.8 Å². The summed E-state index contributed by atoms with van der Waals surface area (Å²) in [6, 6.07) is 10.6. The van der Waals surface area contributed by atoms with Crippen molar-refractivity contribution < 1.29 is 9.53 Å². The Balaban J connectivity index is 0.00000306. The van der Waals surface area contributed by atoms with Gasteiger partial charge in [-0.25, -0.2) is 0 Å². The average Bonchev–Trinajstić information content (AvgIpc) is 3.27. The molecular formula is C24H35IN6O2. The van der Waals surface area contributed by atoms with E-state index < -0.39 is 0 Å². The Morgan fingerprint density at radius 1 is 1.18 bits per heavy atom. The second-order valence-electron chi connectivity index (χ2n) is 8.67. The maximum absolute atomic E-state index is 12.8. The lowest BCUT2D eigenvalue weighted by molar-refractivity contribution is -0.131. The number of morpholine rings is 1. The van der Waals surface area contributed by atoms with Crippen molar-refractivity contribution in [1.29, 1.82) is 0 Å². The van der Waals surface area contributed by atoms with Crippen molar-refractivity contribution in [2.24, 2.45) is 18.0 Å². The van der Waals surface area contributed by atoms with Gasteiger partial charge in [-0.05, 0) is 30.7 Å². The van der Waals surface area contributed by atoms with Crippen LogP contribution in [0.1, 0.15) is 30.1 Å². The van der Waals surface area contributed by atoms with E-state index in [1.54, 1.807) is 11.7 Å². The summed E-state index contributed by atoms with van der Waals surface area (Å²) in [5.41, 5.74) is 2.44. The van der Waals surface area contributed by atoms with Crippen LogP contribution in [0.2, 0.25) is 0 Å². The van der Waals surface area contributed by atoms with Crippen molar-refractivity contribution in [3.8, 4) is 0 Å². The molecule has 180 valence electrons. The van der Waals surface area contributed by atoms with Crippen molar-refractivity contribution in [2.45, 2.75) is 25.4 Å². The fourth-order valence-corrected chi connectivity index (χ4v) is 4.58. The Morgan fingerprint density at radius 3 is 2.61 bits per heavy atom. The Hall–Kier alpha value is -2.14. The second kappa shape index (κ2) is 12.4. The summed E-state index contributed by atoms with van der Waals surface area (Å²) in [6.45, 7) is 3.97. The molecule has 1 aromatic heterocycles. The van der Waals surface area contributed by atoms with E-state index in [4.69, 9.17) is 4.74 Å². The third-order valence-corrected chi connectivity index (χ3v) is 6.41. The molecule has 3 heterocycles. The molecule has 2 saturated heterocycles. The largest absolute Gasteiger partial charge is 0.370 e. The summed E-state index contributed by atoms with van der Waals surface area (Å²) < 4.78 is 7.71. The van der Waals surface area contributed by atoms with Crippen molar-refractivity contribution in [3.63, 3.8) is 0 Å². The molecule has 33 heavy (non-hydrogen) atoms. The van der Waals surface area contributed by atoms with Gasteiger partial charge >= 0.3 is 0 Å². The van der Waals surface area contributed by atoms with E-state index in [-0.39, 0.29) is 42.5 Å². The third kappa shape index (κ3) is 6.92. The number of hydrogen-bond donors (Lipinski definition) is 1. The van der Waals surface area contributed by atoms with Crippen molar-refractivity contribution in [2.75, 3.05) is 46.4 Å². The summed E-state index contributed by atoms with van der Waals surface area (Å²) in [6.07, 6.45) is 7.00. The summed E-state index contributed by atoms with van der Waals surface area (Å²) in [7, 11) is 3.66. The van der Waals surface area contributed by atoms with Gasteiger partial charge in [-0.3, -0.25) is 14.5 Å². The van der Waals surface area contributed by atoms with Crippen LogP contribution in [0.5, 0.6) is 0 Å². The molecule has 1 amide bonds. The van der Waals surface area contributed by atoms with Crippen molar-refractivity contribution in [1.82, 2.24) is 24.9 Å². The number of nitrogens with zero attached hydrogens (tertiary/aromatic N) is 5. The summed E-state index contributed by atoms with van der Waals surface area (Å²) >= 11 is 0. The molecule has 8 nitrogen and oxygen atoms in total. The van der Waals surface area contributed by atoms with Crippen LogP contribution >= 0.6 is 24.0 Å². The highest BCUT2D eigenvalue weighted by molar-refractivity contribution is 14.0. The molecule has 2 aliphatic rings. The maximum atomic E-state index is 12.8. The fourth-order valence-electron chi connectivity index (χ4n) is 4.58. The number of ether oxygens (including phenoxy) is 1. The molecule has 9 heteroatoms. The lowest BCUT2D eigenvalue weighted by Gasteiger charge is -2.35. The number of halogens is 1. The molecule has 1 atom stereocenters. The zero-order valence-corrected chi connectivity index (χ0v) is 21.9. The van der Waals surface area contributed by atoms with E-state index >= 15 is 0 Å². The maximum Gasteiger partial charge on any atom is 0.241 e. The van der Waals surface area contributed by atoms with Crippen LogP contribution in [0.4, 0.5) is 0 Å².